The number of nitrogens with one attached hydrogen (secondary N) is 1. The Morgan fingerprint density at radius 1 is 1.47 bits per heavy atom. The molecule has 1 aromatic carbocycles. The Labute approximate surface area is 97.0 Å². The van der Waals surface area contributed by atoms with Gasteiger partial charge in [0, 0.05) is 6.07 Å². The number of rotatable bonds is 4. The summed E-state index contributed by atoms with van der Waals surface area (Å²) in [6.45, 7) is 0.420. The molecule has 0 saturated carbocycles. The van der Waals surface area contributed by atoms with E-state index in [0.29, 0.717) is 23.6 Å². The maximum Gasteiger partial charge on any atom is 0.335 e. The summed E-state index contributed by atoms with van der Waals surface area (Å²) in [4.78, 5) is 10.8. The summed E-state index contributed by atoms with van der Waals surface area (Å²) in [6.07, 6.45) is 1.47. The van der Waals surface area contributed by atoms with Crippen molar-refractivity contribution in [2.75, 3.05) is 11.1 Å². The zero-order valence-electron chi connectivity index (χ0n) is 8.88. The number of nitrogens with zero attached hydrogens (tertiary/aromatic N) is 1. The van der Waals surface area contributed by atoms with Gasteiger partial charge in [-0.15, -0.1) is 0 Å². The number of aromatic carboxylic acids is 1. The fourth-order valence-electron chi connectivity index (χ4n) is 1.36. The van der Waals surface area contributed by atoms with E-state index in [0.717, 1.165) is 0 Å². The maximum absolute atomic E-state index is 10.8. The van der Waals surface area contributed by atoms with Crippen molar-refractivity contribution in [1.82, 2.24) is 5.16 Å². The molecule has 0 bridgehead atoms. The van der Waals surface area contributed by atoms with Crippen molar-refractivity contribution in [3.63, 3.8) is 0 Å². The average molecular weight is 233 g/mol. The van der Waals surface area contributed by atoms with Crippen LogP contribution in [0.5, 0.6) is 0 Å². The summed E-state index contributed by atoms with van der Waals surface area (Å²) >= 11 is 0. The Bertz CT molecular complexity index is 523. The first-order valence-corrected chi connectivity index (χ1v) is 4.93. The van der Waals surface area contributed by atoms with Crippen LogP contribution in [0.2, 0.25) is 0 Å². The van der Waals surface area contributed by atoms with Gasteiger partial charge in [-0.2, -0.15) is 0 Å². The molecule has 0 aliphatic carbocycles. The zero-order chi connectivity index (χ0) is 12.3. The molecule has 1 aromatic heterocycles. The lowest BCUT2D eigenvalue weighted by molar-refractivity contribution is 0.0697. The van der Waals surface area contributed by atoms with Crippen LogP contribution in [0.25, 0.3) is 0 Å². The number of aromatic nitrogens is 1. The highest BCUT2D eigenvalue weighted by Gasteiger charge is 2.06. The summed E-state index contributed by atoms with van der Waals surface area (Å²) in [5.74, 6) is -0.991. The molecule has 2 aromatic rings. The number of hydrogen-bond acceptors (Lipinski definition) is 5. The van der Waals surface area contributed by atoms with Gasteiger partial charge in [0.1, 0.15) is 12.0 Å². The standard InChI is InChI=1S/C11H11N3O3/c12-9-2-1-7(11(15)16)5-10(9)13-6-8-3-4-17-14-8/h1-5,13H,6,12H2,(H,15,16). The Morgan fingerprint density at radius 2 is 2.29 bits per heavy atom. The molecule has 17 heavy (non-hydrogen) atoms. The molecule has 6 nitrogen and oxygen atoms in total. The van der Waals surface area contributed by atoms with E-state index in [1.54, 1.807) is 12.1 Å². The van der Waals surface area contributed by atoms with Crippen LogP contribution in [0.15, 0.2) is 35.1 Å². The number of anilines is 2. The normalized spacial score (nSPS) is 10.1. The zero-order valence-corrected chi connectivity index (χ0v) is 8.88. The van der Waals surface area contributed by atoms with E-state index in [4.69, 9.17) is 10.8 Å². The Hall–Kier alpha value is -2.50. The minimum absolute atomic E-state index is 0.182. The van der Waals surface area contributed by atoms with Gasteiger partial charge in [-0.25, -0.2) is 4.79 Å². The van der Waals surface area contributed by atoms with Crippen LogP contribution < -0.4 is 11.1 Å². The fourth-order valence-corrected chi connectivity index (χ4v) is 1.36. The molecule has 6 heteroatoms. The van der Waals surface area contributed by atoms with E-state index in [9.17, 15) is 4.79 Å². The topological polar surface area (TPSA) is 101 Å². The lowest BCUT2D eigenvalue weighted by Gasteiger charge is -2.08. The van der Waals surface area contributed by atoms with E-state index in [2.05, 4.69) is 15.0 Å². The van der Waals surface area contributed by atoms with Crippen molar-refractivity contribution in [2.45, 2.75) is 6.54 Å². The first-order chi connectivity index (χ1) is 8.16. The molecule has 0 fully saturated rings. The Kier molecular flexibility index (Phi) is 2.95. The van der Waals surface area contributed by atoms with Gasteiger partial charge in [0.15, 0.2) is 0 Å². The van der Waals surface area contributed by atoms with E-state index >= 15 is 0 Å². The minimum Gasteiger partial charge on any atom is -0.478 e. The van der Waals surface area contributed by atoms with Gasteiger partial charge >= 0.3 is 5.97 Å². The number of nitrogen functional groups attached to an aromatic ring is 1. The summed E-state index contributed by atoms with van der Waals surface area (Å²) in [7, 11) is 0. The molecule has 0 unspecified atom stereocenters. The van der Waals surface area contributed by atoms with Crippen molar-refractivity contribution >= 4 is 17.3 Å². The van der Waals surface area contributed by atoms with Gasteiger partial charge < -0.3 is 20.7 Å². The first kappa shape index (κ1) is 11.0. The van der Waals surface area contributed by atoms with Gasteiger partial charge in [0.2, 0.25) is 0 Å². The third kappa shape index (κ3) is 2.54. The van der Waals surface area contributed by atoms with Gasteiger partial charge in [-0.1, -0.05) is 5.16 Å². The number of carboxylic acid groups (broad SMARTS) is 1. The van der Waals surface area contributed by atoms with Crippen LogP contribution in [-0.2, 0) is 6.54 Å². The molecule has 0 aliphatic rings. The molecule has 0 aliphatic heterocycles. The highest BCUT2D eigenvalue weighted by Crippen LogP contribution is 2.20. The fraction of sp³-hybridized carbons (Fsp3) is 0.0909. The summed E-state index contributed by atoms with van der Waals surface area (Å²) in [5.41, 5.74) is 7.67. The van der Waals surface area contributed by atoms with Gasteiger partial charge in [0.25, 0.3) is 0 Å². The highest BCUT2D eigenvalue weighted by atomic mass is 16.5. The Morgan fingerprint density at radius 3 is 2.94 bits per heavy atom. The number of carbonyl (C=O) groups is 1. The van der Waals surface area contributed by atoms with E-state index in [1.807, 2.05) is 0 Å². The van der Waals surface area contributed by atoms with Crippen LogP contribution in [0.1, 0.15) is 16.1 Å². The predicted molar refractivity (Wildman–Crippen MR) is 61.6 cm³/mol. The van der Waals surface area contributed by atoms with Crippen molar-refractivity contribution in [1.29, 1.82) is 0 Å². The van der Waals surface area contributed by atoms with Crippen molar-refractivity contribution < 1.29 is 14.4 Å². The smallest absolute Gasteiger partial charge is 0.335 e. The molecular weight excluding hydrogens is 222 g/mol. The van der Waals surface area contributed by atoms with Crippen LogP contribution in [0.4, 0.5) is 11.4 Å². The van der Waals surface area contributed by atoms with Gasteiger partial charge in [0.05, 0.1) is 23.5 Å². The van der Waals surface area contributed by atoms with E-state index in [1.165, 1.54) is 18.4 Å². The number of carboxylic acids is 1. The van der Waals surface area contributed by atoms with E-state index < -0.39 is 5.97 Å². The minimum atomic E-state index is -0.991. The van der Waals surface area contributed by atoms with Crippen LogP contribution in [0.3, 0.4) is 0 Å². The second-order valence-corrected chi connectivity index (χ2v) is 3.45. The molecular formula is C11H11N3O3. The first-order valence-electron chi connectivity index (χ1n) is 4.93. The molecule has 0 spiro atoms. The predicted octanol–water partition coefficient (Wildman–Crippen LogP) is 1.57. The second kappa shape index (κ2) is 4.56. The van der Waals surface area contributed by atoms with Crippen LogP contribution >= 0.6 is 0 Å². The third-order valence-electron chi connectivity index (χ3n) is 2.25. The lowest BCUT2D eigenvalue weighted by Crippen LogP contribution is -2.05. The van der Waals surface area contributed by atoms with Gasteiger partial charge in [-0.05, 0) is 18.2 Å². The Balaban J connectivity index is 2.14. The maximum atomic E-state index is 10.8. The van der Waals surface area contributed by atoms with E-state index in [-0.39, 0.29) is 5.56 Å². The average Bonchev–Trinajstić information content (AvgIpc) is 2.80. The molecule has 0 atom stereocenters. The molecule has 2 rings (SSSR count). The number of hydrogen-bond donors (Lipinski definition) is 3. The number of benzene rings is 1. The SMILES string of the molecule is Nc1ccc(C(=O)O)cc1NCc1ccon1. The molecule has 88 valence electrons. The number of nitrogens with two attached hydrogens (primary N) is 1. The largest absolute Gasteiger partial charge is 0.478 e. The summed E-state index contributed by atoms with van der Waals surface area (Å²) < 4.78 is 4.68. The van der Waals surface area contributed by atoms with Crippen molar-refractivity contribution in [2.24, 2.45) is 0 Å². The molecule has 0 amide bonds. The molecule has 0 saturated heterocycles. The quantitative estimate of drug-likeness (QED) is 0.693. The van der Waals surface area contributed by atoms with Crippen molar-refractivity contribution in [3.8, 4) is 0 Å². The van der Waals surface area contributed by atoms with Crippen LogP contribution in [-0.4, -0.2) is 16.2 Å². The van der Waals surface area contributed by atoms with Crippen molar-refractivity contribution in [3.05, 3.63) is 41.8 Å². The molecule has 0 radical (unpaired) electrons. The summed E-state index contributed by atoms with van der Waals surface area (Å²) in [5, 5.41) is 15.6. The monoisotopic (exact) mass is 233 g/mol. The third-order valence-corrected chi connectivity index (χ3v) is 2.25. The second-order valence-electron chi connectivity index (χ2n) is 3.45. The lowest BCUT2D eigenvalue weighted by atomic mass is 10.1. The van der Waals surface area contributed by atoms with Gasteiger partial charge in [-0.3, -0.25) is 0 Å². The highest BCUT2D eigenvalue weighted by molar-refractivity contribution is 5.90. The summed E-state index contributed by atoms with van der Waals surface area (Å²) in [6, 6.07) is 6.20. The van der Waals surface area contributed by atoms with Crippen LogP contribution in [0, 0.1) is 0 Å². The molecule has 1 heterocycles. The molecule has 4 N–H and O–H groups in total.